The smallest absolute Gasteiger partial charge is 0.120 e. The Hall–Kier alpha value is -1.18. The van der Waals surface area contributed by atoms with Crippen LogP contribution in [0.2, 0.25) is 0 Å². The van der Waals surface area contributed by atoms with Crippen LogP contribution in [0.15, 0.2) is 24.3 Å². The molecule has 1 aromatic rings. The van der Waals surface area contributed by atoms with Gasteiger partial charge in [0, 0.05) is 12.2 Å². The Morgan fingerprint density at radius 1 is 1.00 bits per heavy atom. The van der Waals surface area contributed by atoms with Crippen molar-refractivity contribution >= 4 is 5.69 Å². The molecule has 5 rings (SSSR count). The lowest BCUT2D eigenvalue weighted by atomic mass is 9.54. The molecule has 4 bridgehead atoms. The molecule has 4 saturated carbocycles. The van der Waals surface area contributed by atoms with E-state index < -0.39 is 0 Å². The number of nitrogens with one attached hydrogen (secondary N) is 1. The fourth-order valence-electron chi connectivity index (χ4n) is 5.25. The van der Waals surface area contributed by atoms with E-state index in [9.17, 15) is 0 Å². The van der Waals surface area contributed by atoms with Crippen LogP contribution >= 0.6 is 0 Å². The summed E-state index contributed by atoms with van der Waals surface area (Å²) in [6, 6.07) is 8.55. The van der Waals surface area contributed by atoms with Crippen molar-refractivity contribution in [3.8, 4) is 5.75 Å². The zero-order valence-electron chi connectivity index (χ0n) is 12.4. The molecular weight excluding hydrogens is 246 g/mol. The van der Waals surface area contributed by atoms with Crippen LogP contribution in [0.25, 0.3) is 0 Å². The molecule has 0 heterocycles. The first-order valence-electron chi connectivity index (χ1n) is 8.28. The van der Waals surface area contributed by atoms with E-state index in [2.05, 4.69) is 36.5 Å². The number of rotatable bonds is 4. The van der Waals surface area contributed by atoms with Crippen molar-refractivity contribution in [3.63, 3.8) is 0 Å². The summed E-state index contributed by atoms with van der Waals surface area (Å²) in [5.41, 5.74) is 1.36. The summed E-state index contributed by atoms with van der Waals surface area (Å²) in [5, 5.41) is 3.34. The van der Waals surface area contributed by atoms with E-state index in [0.717, 1.165) is 30.0 Å². The molecule has 4 aliphatic rings. The van der Waals surface area contributed by atoms with Crippen LogP contribution in [0.3, 0.4) is 0 Å². The Balaban J connectivity index is 1.50. The van der Waals surface area contributed by atoms with Crippen molar-refractivity contribution in [2.24, 2.45) is 17.8 Å². The van der Waals surface area contributed by atoms with Crippen LogP contribution in [-0.4, -0.2) is 12.1 Å². The normalized spacial score (nSPS) is 38.0. The molecule has 0 unspecified atom stereocenters. The molecule has 108 valence electrons. The highest BCUT2D eigenvalue weighted by Crippen LogP contribution is 2.57. The Morgan fingerprint density at radius 3 is 2.05 bits per heavy atom. The first-order valence-corrected chi connectivity index (χ1v) is 8.28. The fourth-order valence-corrected chi connectivity index (χ4v) is 5.25. The number of anilines is 1. The highest BCUT2D eigenvalue weighted by Gasteiger charge is 2.52. The molecule has 2 heteroatoms. The van der Waals surface area contributed by atoms with Gasteiger partial charge in [-0.15, -0.1) is 0 Å². The standard InChI is InChI=1S/C18H25NO/c1-2-19-16-3-5-17(6-4-16)20-18-10-13-7-14(11-18)9-15(8-13)12-18/h3-6,13-15,19H,2,7-12H2,1H3. The first-order chi connectivity index (χ1) is 9.75. The van der Waals surface area contributed by atoms with Gasteiger partial charge in [-0.05, 0) is 87.5 Å². The molecule has 0 saturated heterocycles. The predicted molar refractivity (Wildman–Crippen MR) is 82.1 cm³/mol. The van der Waals surface area contributed by atoms with Crippen molar-refractivity contribution in [2.45, 2.75) is 51.0 Å². The van der Waals surface area contributed by atoms with E-state index in [-0.39, 0.29) is 5.60 Å². The van der Waals surface area contributed by atoms with Gasteiger partial charge in [0.1, 0.15) is 11.4 Å². The summed E-state index contributed by atoms with van der Waals surface area (Å²) in [7, 11) is 0. The number of ether oxygens (including phenoxy) is 1. The Bertz CT molecular complexity index is 443. The molecule has 0 atom stereocenters. The minimum Gasteiger partial charge on any atom is -0.487 e. The summed E-state index contributed by atoms with van der Waals surface area (Å²) in [6.45, 7) is 3.09. The molecule has 1 N–H and O–H groups in total. The van der Waals surface area contributed by atoms with E-state index in [1.807, 2.05) is 0 Å². The molecule has 0 aromatic heterocycles. The van der Waals surface area contributed by atoms with E-state index in [0.29, 0.717) is 0 Å². The quantitative estimate of drug-likeness (QED) is 0.872. The molecular formula is C18H25NO. The van der Waals surface area contributed by atoms with Crippen LogP contribution in [0, 0.1) is 17.8 Å². The van der Waals surface area contributed by atoms with Crippen molar-refractivity contribution in [1.82, 2.24) is 0 Å². The maximum Gasteiger partial charge on any atom is 0.120 e. The molecule has 0 spiro atoms. The highest BCUT2D eigenvalue weighted by molar-refractivity contribution is 5.46. The van der Waals surface area contributed by atoms with Gasteiger partial charge in [-0.3, -0.25) is 0 Å². The number of hydrogen-bond acceptors (Lipinski definition) is 2. The lowest BCUT2D eigenvalue weighted by molar-refractivity contribution is -0.107. The van der Waals surface area contributed by atoms with Crippen LogP contribution in [-0.2, 0) is 0 Å². The van der Waals surface area contributed by atoms with Gasteiger partial charge in [0.15, 0.2) is 0 Å². The first kappa shape index (κ1) is 12.6. The predicted octanol–water partition coefficient (Wildman–Crippen LogP) is 4.47. The molecule has 4 fully saturated rings. The van der Waals surface area contributed by atoms with Gasteiger partial charge in [0.25, 0.3) is 0 Å². The van der Waals surface area contributed by atoms with Crippen molar-refractivity contribution in [2.75, 3.05) is 11.9 Å². The third kappa shape index (κ3) is 2.19. The maximum atomic E-state index is 6.52. The van der Waals surface area contributed by atoms with Gasteiger partial charge >= 0.3 is 0 Å². The zero-order valence-corrected chi connectivity index (χ0v) is 12.4. The van der Waals surface area contributed by atoms with E-state index in [1.54, 1.807) is 0 Å². The molecule has 1 aromatic carbocycles. The lowest BCUT2D eigenvalue weighted by Gasteiger charge is -2.56. The average Bonchev–Trinajstić information content (AvgIpc) is 2.39. The van der Waals surface area contributed by atoms with Crippen LogP contribution < -0.4 is 10.1 Å². The van der Waals surface area contributed by atoms with E-state index >= 15 is 0 Å². The molecule has 2 nitrogen and oxygen atoms in total. The Labute approximate surface area is 121 Å². The minimum atomic E-state index is 0.175. The van der Waals surface area contributed by atoms with Gasteiger partial charge in [-0.2, -0.15) is 0 Å². The number of benzene rings is 1. The highest BCUT2D eigenvalue weighted by atomic mass is 16.5. The second-order valence-corrected chi connectivity index (χ2v) is 7.26. The third-order valence-electron chi connectivity index (χ3n) is 5.55. The Kier molecular flexibility index (Phi) is 2.94. The average molecular weight is 271 g/mol. The van der Waals surface area contributed by atoms with E-state index in [1.165, 1.54) is 44.2 Å². The molecule has 0 aliphatic heterocycles. The fraction of sp³-hybridized carbons (Fsp3) is 0.667. The summed E-state index contributed by atoms with van der Waals surface area (Å²) >= 11 is 0. The maximum absolute atomic E-state index is 6.52. The molecule has 0 radical (unpaired) electrons. The van der Waals surface area contributed by atoms with Gasteiger partial charge in [0.05, 0.1) is 0 Å². The molecule has 0 amide bonds. The topological polar surface area (TPSA) is 21.3 Å². The molecule has 4 aliphatic carbocycles. The third-order valence-corrected chi connectivity index (χ3v) is 5.55. The van der Waals surface area contributed by atoms with Gasteiger partial charge < -0.3 is 10.1 Å². The van der Waals surface area contributed by atoms with Gasteiger partial charge in [-0.25, -0.2) is 0 Å². The summed E-state index contributed by atoms with van der Waals surface area (Å²) < 4.78 is 6.52. The minimum absolute atomic E-state index is 0.175. The summed E-state index contributed by atoms with van der Waals surface area (Å²) in [5.74, 6) is 3.90. The monoisotopic (exact) mass is 271 g/mol. The van der Waals surface area contributed by atoms with Crippen molar-refractivity contribution in [1.29, 1.82) is 0 Å². The largest absolute Gasteiger partial charge is 0.487 e. The van der Waals surface area contributed by atoms with E-state index in [4.69, 9.17) is 4.74 Å². The van der Waals surface area contributed by atoms with Crippen LogP contribution in [0.1, 0.15) is 45.4 Å². The lowest BCUT2D eigenvalue weighted by Crippen LogP contribution is -2.53. The van der Waals surface area contributed by atoms with Crippen LogP contribution in [0.4, 0.5) is 5.69 Å². The summed E-state index contributed by atoms with van der Waals surface area (Å²) in [4.78, 5) is 0. The second kappa shape index (κ2) is 4.68. The molecule has 20 heavy (non-hydrogen) atoms. The SMILES string of the molecule is CCNc1ccc(OC23CC4CC(CC(C4)C2)C3)cc1. The second-order valence-electron chi connectivity index (χ2n) is 7.26. The Morgan fingerprint density at radius 2 is 1.55 bits per heavy atom. The zero-order chi connectivity index (χ0) is 13.6. The van der Waals surface area contributed by atoms with Crippen molar-refractivity contribution in [3.05, 3.63) is 24.3 Å². The summed E-state index contributed by atoms with van der Waals surface area (Å²) in [6.07, 6.45) is 8.32. The number of hydrogen-bond donors (Lipinski definition) is 1. The van der Waals surface area contributed by atoms with Gasteiger partial charge in [-0.1, -0.05) is 0 Å². The van der Waals surface area contributed by atoms with Gasteiger partial charge in [0.2, 0.25) is 0 Å². The van der Waals surface area contributed by atoms with Crippen molar-refractivity contribution < 1.29 is 4.74 Å². The van der Waals surface area contributed by atoms with Crippen LogP contribution in [0.5, 0.6) is 5.75 Å².